The third-order valence-corrected chi connectivity index (χ3v) is 6.78. The summed E-state index contributed by atoms with van der Waals surface area (Å²) in [6.07, 6.45) is 9.68. The van der Waals surface area contributed by atoms with Gasteiger partial charge in [0, 0.05) is 12.2 Å². The lowest BCUT2D eigenvalue weighted by molar-refractivity contribution is -0.138. The first kappa shape index (κ1) is 34.6. The van der Waals surface area contributed by atoms with E-state index in [-0.39, 0.29) is 5.97 Å². The number of carbonyl (C=O) groups is 3. The molecule has 0 amide bonds. The van der Waals surface area contributed by atoms with Crippen LogP contribution in [-0.4, -0.2) is 44.3 Å². The Kier molecular flexibility index (Phi) is 15.5. The third kappa shape index (κ3) is 13.5. The Balaban J connectivity index is 1.32. The van der Waals surface area contributed by atoms with Gasteiger partial charge in [0.2, 0.25) is 0 Å². The van der Waals surface area contributed by atoms with Gasteiger partial charge in [0.1, 0.15) is 17.2 Å². The smallest absolute Gasteiger partial charge is 0.343 e. The second-order valence-corrected chi connectivity index (χ2v) is 10.2. The van der Waals surface area contributed by atoms with Gasteiger partial charge in [0.05, 0.1) is 32.0 Å². The molecule has 0 N–H and O–H groups in total. The molecule has 0 heterocycles. The van der Waals surface area contributed by atoms with Crippen LogP contribution < -0.4 is 14.2 Å². The summed E-state index contributed by atoms with van der Waals surface area (Å²) in [5, 5.41) is 0. The van der Waals surface area contributed by atoms with Crippen LogP contribution in [0.2, 0.25) is 0 Å². The molecule has 3 aromatic rings. The van der Waals surface area contributed by atoms with Crippen molar-refractivity contribution in [1.29, 1.82) is 0 Å². The van der Waals surface area contributed by atoms with Crippen molar-refractivity contribution in [3.05, 3.63) is 104 Å². The standard InChI is InChI=1S/C37H42O8/c1-3-35(38)43-27-11-7-5-9-25-41-32-19-13-29(14-20-32)30-15-23-34(24-16-30)45-37(40)31-17-21-33(22-18-31)42-26-10-6-8-12-28-44-36(39)4-2/h3-4,13-24H,1-2,5-12,25-28H2. The van der Waals surface area contributed by atoms with E-state index in [1.54, 1.807) is 36.4 Å². The Morgan fingerprint density at radius 3 is 1.29 bits per heavy atom. The number of rotatable bonds is 21. The monoisotopic (exact) mass is 614 g/mol. The van der Waals surface area contributed by atoms with E-state index in [1.807, 2.05) is 36.4 Å². The van der Waals surface area contributed by atoms with Crippen molar-refractivity contribution in [3.8, 4) is 28.4 Å². The van der Waals surface area contributed by atoms with Crippen molar-refractivity contribution in [2.75, 3.05) is 26.4 Å². The molecule has 3 rings (SSSR count). The number of carbonyl (C=O) groups excluding carboxylic acids is 3. The summed E-state index contributed by atoms with van der Waals surface area (Å²) >= 11 is 0. The Morgan fingerprint density at radius 1 is 0.489 bits per heavy atom. The first-order valence-corrected chi connectivity index (χ1v) is 15.3. The van der Waals surface area contributed by atoms with Crippen molar-refractivity contribution in [1.82, 2.24) is 0 Å². The van der Waals surface area contributed by atoms with Gasteiger partial charge >= 0.3 is 17.9 Å². The van der Waals surface area contributed by atoms with Gasteiger partial charge in [0.25, 0.3) is 0 Å². The number of benzene rings is 3. The van der Waals surface area contributed by atoms with E-state index >= 15 is 0 Å². The van der Waals surface area contributed by atoms with Crippen molar-refractivity contribution in [2.45, 2.75) is 51.4 Å². The van der Waals surface area contributed by atoms with E-state index in [0.29, 0.717) is 43.5 Å². The maximum atomic E-state index is 12.6. The van der Waals surface area contributed by atoms with Crippen LogP contribution in [0.3, 0.4) is 0 Å². The van der Waals surface area contributed by atoms with Crippen LogP contribution in [0.5, 0.6) is 17.2 Å². The number of esters is 3. The first-order valence-electron chi connectivity index (χ1n) is 15.3. The van der Waals surface area contributed by atoms with E-state index in [9.17, 15) is 14.4 Å². The molecule has 0 saturated carbocycles. The quantitative estimate of drug-likeness (QED) is 0.0517. The van der Waals surface area contributed by atoms with Crippen molar-refractivity contribution in [3.63, 3.8) is 0 Å². The van der Waals surface area contributed by atoms with Crippen LogP contribution in [0.25, 0.3) is 11.1 Å². The molecule has 0 unspecified atom stereocenters. The highest BCUT2D eigenvalue weighted by Gasteiger charge is 2.10. The highest BCUT2D eigenvalue weighted by atomic mass is 16.5. The van der Waals surface area contributed by atoms with Gasteiger partial charge < -0.3 is 23.7 Å². The molecule has 0 aliphatic heterocycles. The largest absolute Gasteiger partial charge is 0.494 e. The molecule has 0 radical (unpaired) electrons. The van der Waals surface area contributed by atoms with Crippen molar-refractivity contribution >= 4 is 17.9 Å². The minimum atomic E-state index is -0.441. The van der Waals surface area contributed by atoms with E-state index in [2.05, 4.69) is 13.2 Å². The lowest BCUT2D eigenvalue weighted by Crippen LogP contribution is -2.08. The minimum Gasteiger partial charge on any atom is -0.494 e. The minimum absolute atomic E-state index is 0.381. The molecule has 3 aromatic carbocycles. The van der Waals surface area contributed by atoms with Gasteiger partial charge in [0.15, 0.2) is 0 Å². The topological polar surface area (TPSA) is 97.4 Å². The van der Waals surface area contributed by atoms with Gasteiger partial charge in [-0.05, 0) is 111 Å². The predicted octanol–water partition coefficient (Wildman–Crippen LogP) is 7.91. The van der Waals surface area contributed by atoms with E-state index in [0.717, 1.165) is 74.3 Å². The summed E-state index contributed by atoms with van der Waals surface area (Å²) < 4.78 is 27.1. The summed E-state index contributed by atoms with van der Waals surface area (Å²) in [6.45, 7) is 8.76. The van der Waals surface area contributed by atoms with Crippen LogP contribution >= 0.6 is 0 Å². The van der Waals surface area contributed by atoms with Crippen LogP contribution in [0.4, 0.5) is 0 Å². The van der Waals surface area contributed by atoms with Gasteiger partial charge in [-0.2, -0.15) is 0 Å². The molecule has 0 aliphatic rings. The summed E-state index contributed by atoms with van der Waals surface area (Å²) in [6, 6.07) is 22.1. The molecule has 0 aromatic heterocycles. The highest BCUT2D eigenvalue weighted by Crippen LogP contribution is 2.25. The Morgan fingerprint density at radius 2 is 0.867 bits per heavy atom. The highest BCUT2D eigenvalue weighted by molar-refractivity contribution is 5.91. The second kappa shape index (κ2) is 20.2. The van der Waals surface area contributed by atoms with Crippen LogP contribution in [0.15, 0.2) is 98.1 Å². The van der Waals surface area contributed by atoms with Crippen LogP contribution in [-0.2, 0) is 19.1 Å². The fourth-order valence-corrected chi connectivity index (χ4v) is 4.27. The fraction of sp³-hybridized carbons (Fsp3) is 0.324. The van der Waals surface area contributed by atoms with Crippen LogP contribution in [0, 0.1) is 0 Å². The lowest BCUT2D eigenvalue weighted by Gasteiger charge is -2.09. The molecule has 238 valence electrons. The zero-order valence-electron chi connectivity index (χ0n) is 25.7. The number of hydrogen-bond donors (Lipinski definition) is 0. The number of hydrogen-bond acceptors (Lipinski definition) is 8. The maximum Gasteiger partial charge on any atom is 0.343 e. The molecule has 0 aliphatic carbocycles. The molecule has 8 nitrogen and oxygen atoms in total. The van der Waals surface area contributed by atoms with Gasteiger partial charge in [-0.15, -0.1) is 0 Å². The molecule has 8 heteroatoms. The van der Waals surface area contributed by atoms with E-state index in [1.165, 1.54) is 6.08 Å². The predicted molar refractivity (Wildman–Crippen MR) is 174 cm³/mol. The maximum absolute atomic E-state index is 12.6. The third-order valence-electron chi connectivity index (χ3n) is 6.78. The summed E-state index contributed by atoms with van der Waals surface area (Å²) in [7, 11) is 0. The molecule has 0 fully saturated rings. The molecular weight excluding hydrogens is 572 g/mol. The summed E-state index contributed by atoms with van der Waals surface area (Å²) in [5.41, 5.74) is 2.46. The Bertz CT molecular complexity index is 1340. The first-order chi connectivity index (χ1) is 22.0. The molecule has 0 bridgehead atoms. The van der Waals surface area contributed by atoms with E-state index in [4.69, 9.17) is 23.7 Å². The Hall–Kier alpha value is -4.85. The SMILES string of the molecule is C=CC(=O)OCCCCCCOc1ccc(C(=O)Oc2ccc(-c3ccc(OCCCCCCOC(=O)C=C)cc3)cc2)cc1. The molecular formula is C37H42O8. The van der Waals surface area contributed by atoms with Gasteiger partial charge in [-0.25, -0.2) is 14.4 Å². The number of unbranched alkanes of at least 4 members (excludes halogenated alkanes) is 6. The Labute approximate surface area is 265 Å². The molecule has 0 atom stereocenters. The van der Waals surface area contributed by atoms with Gasteiger partial charge in [-0.1, -0.05) is 37.4 Å². The second-order valence-electron chi connectivity index (χ2n) is 10.2. The van der Waals surface area contributed by atoms with Crippen molar-refractivity contribution < 1.29 is 38.1 Å². The van der Waals surface area contributed by atoms with Crippen LogP contribution in [0.1, 0.15) is 61.7 Å². The number of ether oxygens (including phenoxy) is 5. The average Bonchev–Trinajstić information content (AvgIpc) is 3.07. The molecule has 45 heavy (non-hydrogen) atoms. The van der Waals surface area contributed by atoms with Crippen molar-refractivity contribution in [2.24, 2.45) is 0 Å². The molecule has 0 spiro atoms. The zero-order valence-corrected chi connectivity index (χ0v) is 25.7. The van der Waals surface area contributed by atoms with E-state index < -0.39 is 11.9 Å². The zero-order chi connectivity index (χ0) is 32.1. The normalized spacial score (nSPS) is 10.4. The average molecular weight is 615 g/mol. The fourth-order valence-electron chi connectivity index (χ4n) is 4.27. The lowest BCUT2D eigenvalue weighted by atomic mass is 10.1. The molecule has 0 saturated heterocycles. The van der Waals surface area contributed by atoms with Gasteiger partial charge in [-0.3, -0.25) is 0 Å². The summed E-state index contributed by atoms with van der Waals surface area (Å²) in [5.74, 6) is 0.742. The summed E-state index contributed by atoms with van der Waals surface area (Å²) in [4.78, 5) is 34.6.